The first-order chi connectivity index (χ1) is 8.35. The number of aryl methyl sites for hydroxylation is 2. The minimum atomic E-state index is 1.05. The Hall–Kier alpha value is -1.05. The van der Waals surface area contributed by atoms with Crippen molar-refractivity contribution in [2.45, 2.75) is 58.3 Å². The maximum atomic E-state index is 4.76. The normalized spacial score (nSPS) is 15.9. The summed E-state index contributed by atoms with van der Waals surface area (Å²) in [6.07, 6.45) is 10.2. The van der Waals surface area contributed by atoms with E-state index in [1.807, 2.05) is 7.05 Å². The molecule has 0 saturated heterocycles. The van der Waals surface area contributed by atoms with Crippen molar-refractivity contribution >= 4 is 5.82 Å². The van der Waals surface area contributed by atoms with Gasteiger partial charge in [0.25, 0.3) is 0 Å². The maximum Gasteiger partial charge on any atom is 0.126 e. The summed E-state index contributed by atoms with van der Waals surface area (Å²) in [7, 11) is 1.97. The Morgan fingerprint density at radius 3 is 2.65 bits per heavy atom. The largest absolute Gasteiger partial charge is 0.373 e. The molecule has 1 heterocycles. The summed E-state index contributed by atoms with van der Waals surface area (Å²) < 4.78 is 0. The van der Waals surface area contributed by atoms with Crippen LogP contribution in [0.15, 0.2) is 6.07 Å². The molecule has 17 heavy (non-hydrogen) atoms. The third kappa shape index (κ3) is 2.99. The van der Waals surface area contributed by atoms with E-state index < -0.39 is 0 Å². The molecule has 0 spiro atoms. The fourth-order valence-electron chi connectivity index (χ4n) is 2.75. The molecule has 0 amide bonds. The fourth-order valence-corrected chi connectivity index (χ4v) is 2.75. The second-order valence-electron chi connectivity index (χ2n) is 5.01. The van der Waals surface area contributed by atoms with Crippen LogP contribution in [0, 0.1) is 0 Å². The zero-order chi connectivity index (χ0) is 12.1. The molecule has 1 aromatic heterocycles. The van der Waals surface area contributed by atoms with Crippen LogP contribution in [0.2, 0.25) is 0 Å². The Bertz CT molecular complexity index is 354. The lowest BCUT2D eigenvalue weighted by Crippen LogP contribution is -2.08. The van der Waals surface area contributed by atoms with Crippen LogP contribution in [0.4, 0.5) is 5.82 Å². The lowest BCUT2D eigenvalue weighted by molar-refractivity contribution is 0.611. The molecule has 0 unspecified atom stereocenters. The van der Waals surface area contributed by atoms with Gasteiger partial charge in [-0.15, -0.1) is 0 Å². The number of anilines is 1. The predicted molar refractivity (Wildman–Crippen MR) is 73.7 cm³/mol. The highest BCUT2D eigenvalue weighted by atomic mass is 15.0. The minimum Gasteiger partial charge on any atom is -0.373 e. The maximum absolute atomic E-state index is 4.76. The first-order valence-corrected chi connectivity index (χ1v) is 7.04. The summed E-state index contributed by atoms with van der Waals surface area (Å²) in [4.78, 5) is 4.76. The molecule has 1 aromatic rings. The fraction of sp³-hybridized carbons (Fsp3) is 0.667. The Morgan fingerprint density at radius 2 is 1.94 bits per heavy atom. The quantitative estimate of drug-likeness (QED) is 0.859. The van der Waals surface area contributed by atoms with Crippen LogP contribution >= 0.6 is 0 Å². The monoisotopic (exact) mass is 232 g/mol. The molecular weight excluding hydrogens is 208 g/mol. The first kappa shape index (κ1) is 12.4. The Balaban J connectivity index is 2.37. The summed E-state index contributed by atoms with van der Waals surface area (Å²) in [6, 6.07) is 2.26. The minimum absolute atomic E-state index is 1.05. The highest BCUT2D eigenvalue weighted by Gasteiger charge is 2.13. The van der Waals surface area contributed by atoms with Crippen molar-refractivity contribution in [2.24, 2.45) is 0 Å². The van der Waals surface area contributed by atoms with Gasteiger partial charge < -0.3 is 5.32 Å². The van der Waals surface area contributed by atoms with Crippen molar-refractivity contribution in [2.75, 3.05) is 12.4 Å². The van der Waals surface area contributed by atoms with Crippen molar-refractivity contribution in [3.63, 3.8) is 0 Å². The smallest absolute Gasteiger partial charge is 0.126 e. The van der Waals surface area contributed by atoms with E-state index in [0.29, 0.717) is 0 Å². The van der Waals surface area contributed by atoms with Crippen LogP contribution in [-0.2, 0) is 19.3 Å². The van der Waals surface area contributed by atoms with Crippen LogP contribution < -0.4 is 5.32 Å². The van der Waals surface area contributed by atoms with Gasteiger partial charge in [0, 0.05) is 12.7 Å². The molecule has 0 aromatic carbocycles. The predicted octanol–water partition coefficient (Wildman–Crippen LogP) is 3.73. The van der Waals surface area contributed by atoms with E-state index in [9.17, 15) is 0 Å². The van der Waals surface area contributed by atoms with Gasteiger partial charge in [0.1, 0.15) is 5.82 Å². The van der Waals surface area contributed by atoms with E-state index in [1.165, 1.54) is 50.6 Å². The Kier molecular flexibility index (Phi) is 4.41. The highest BCUT2D eigenvalue weighted by molar-refractivity contribution is 5.44. The molecule has 1 N–H and O–H groups in total. The molecule has 0 saturated carbocycles. The first-order valence-electron chi connectivity index (χ1n) is 7.04. The van der Waals surface area contributed by atoms with Gasteiger partial charge in [0.2, 0.25) is 0 Å². The van der Waals surface area contributed by atoms with Crippen LogP contribution in [0.5, 0.6) is 0 Å². The zero-order valence-electron chi connectivity index (χ0n) is 11.2. The summed E-state index contributed by atoms with van der Waals surface area (Å²) in [5.41, 5.74) is 4.45. The summed E-state index contributed by atoms with van der Waals surface area (Å²) in [5, 5.41) is 3.20. The van der Waals surface area contributed by atoms with Crippen molar-refractivity contribution < 1.29 is 0 Å². The van der Waals surface area contributed by atoms with E-state index in [-0.39, 0.29) is 0 Å². The molecule has 0 radical (unpaired) electrons. The number of hydrogen-bond acceptors (Lipinski definition) is 2. The summed E-state index contributed by atoms with van der Waals surface area (Å²) in [5.74, 6) is 1.05. The van der Waals surface area contributed by atoms with Gasteiger partial charge in [-0.3, -0.25) is 0 Å². The number of fused-ring (bicyclic) bond motifs is 1. The third-order valence-electron chi connectivity index (χ3n) is 3.67. The average molecular weight is 232 g/mol. The second kappa shape index (κ2) is 6.04. The van der Waals surface area contributed by atoms with Crippen molar-refractivity contribution in [1.82, 2.24) is 4.98 Å². The van der Waals surface area contributed by atoms with E-state index in [1.54, 1.807) is 11.1 Å². The Labute approximate surface area is 105 Å². The Morgan fingerprint density at radius 1 is 1.18 bits per heavy atom. The zero-order valence-corrected chi connectivity index (χ0v) is 11.2. The van der Waals surface area contributed by atoms with Gasteiger partial charge in [0.15, 0.2) is 0 Å². The number of nitrogens with zero attached hydrogens (tertiary/aromatic N) is 1. The molecule has 0 bridgehead atoms. The van der Waals surface area contributed by atoms with Gasteiger partial charge in [-0.25, -0.2) is 4.98 Å². The number of rotatable bonds is 3. The third-order valence-corrected chi connectivity index (χ3v) is 3.67. The van der Waals surface area contributed by atoms with E-state index in [4.69, 9.17) is 4.98 Å². The van der Waals surface area contributed by atoms with E-state index in [2.05, 4.69) is 18.3 Å². The number of nitrogens with one attached hydrogen (secondary N) is 1. The summed E-state index contributed by atoms with van der Waals surface area (Å²) >= 11 is 0. The van der Waals surface area contributed by atoms with Gasteiger partial charge >= 0.3 is 0 Å². The second-order valence-corrected chi connectivity index (χ2v) is 5.01. The van der Waals surface area contributed by atoms with Crippen LogP contribution in [0.3, 0.4) is 0 Å². The molecule has 1 aliphatic carbocycles. The lowest BCUT2D eigenvalue weighted by Gasteiger charge is -2.18. The van der Waals surface area contributed by atoms with Crippen LogP contribution in [-0.4, -0.2) is 12.0 Å². The van der Waals surface area contributed by atoms with Gasteiger partial charge in [-0.05, 0) is 49.3 Å². The van der Waals surface area contributed by atoms with Crippen LogP contribution in [0.1, 0.15) is 55.8 Å². The molecule has 1 aliphatic rings. The molecular formula is C15H24N2. The van der Waals surface area contributed by atoms with Crippen molar-refractivity contribution in [3.05, 3.63) is 22.9 Å². The van der Waals surface area contributed by atoms with E-state index >= 15 is 0 Å². The average Bonchev–Trinajstić information content (AvgIpc) is 2.30. The standard InChI is InChI=1S/C15H24N2/c1-3-8-14-13-10-7-5-4-6-9-12(13)11-15(16-2)17-14/h11H,3-10H2,1-2H3,(H,16,17). The molecule has 2 rings (SSSR count). The van der Waals surface area contributed by atoms with E-state index in [0.717, 1.165) is 12.2 Å². The molecule has 2 nitrogen and oxygen atoms in total. The number of aromatic nitrogens is 1. The molecule has 0 aliphatic heterocycles. The van der Waals surface area contributed by atoms with Gasteiger partial charge in [-0.1, -0.05) is 26.2 Å². The topological polar surface area (TPSA) is 24.9 Å². The van der Waals surface area contributed by atoms with Crippen LogP contribution in [0.25, 0.3) is 0 Å². The lowest BCUT2D eigenvalue weighted by atomic mass is 9.91. The van der Waals surface area contributed by atoms with Crippen molar-refractivity contribution in [1.29, 1.82) is 0 Å². The summed E-state index contributed by atoms with van der Waals surface area (Å²) in [6.45, 7) is 2.24. The molecule has 2 heteroatoms. The molecule has 0 fully saturated rings. The number of pyridine rings is 1. The molecule has 0 atom stereocenters. The van der Waals surface area contributed by atoms with Gasteiger partial charge in [0.05, 0.1) is 0 Å². The van der Waals surface area contributed by atoms with Crippen molar-refractivity contribution in [3.8, 4) is 0 Å². The highest BCUT2D eigenvalue weighted by Crippen LogP contribution is 2.25. The SMILES string of the molecule is CCCc1nc(NC)cc2c1CCCCCC2. The molecule has 94 valence electrons. The van der Waals surface area contributed by atoms with Gasteiger partial charge in [-0.2, -0.15) is 0 Å². The number of hydrogen-bond donors (Lipinski definition) is 1.